The van der Waals surface area contributed by atoms with Crippen molar-refractivity contribution in [2.45, 2.75) is 13.0 Å². The fourth-order valence-corrected chi connectivity index (χ4v) is 4.61. The number of fused-ring (bicyclic) bond motifs is 2. The Morgan fingerprint density at radius 2 is 2.07 bits per heavy atom. The number of likely N-dealkylation sites (tertiary alicyclic amines) is 1. The quantitative estimate of drug-likeness (QED) is 0.713. The first kappa shape index (κ1) is 18.9. The summed E-state index contributed by atoms with van der Waals surface area (Å²) in [6.07, 6.45) is 1.60. The first-order chi connectivity index (χ1) is 14.5. The van der Waals surface area contributed by atoms with Gasteiger partial charge in [-0.1, -0.05) is 18.2 Å². The molecule has 0 unspecified atom stereocenters. The van der Waals surface area contributed by atoms with Crippen LogP contribution in [0.25, 0.3) is 11.0 Å². The van der Waals surface area contributed by atoms with E-state index in [4.69, 9.17) is 9.15 Å². The molecule has 30 heavy (non-hydrogen) atoms. The Morgan fingerprint density at radius 1 is 1.23 bits per heavy atom. The van der Waals surface area contributed by atoms with E-state index in [2.05, 4.69) is 10.4 Å². The highest BCUT2D eigenvalue weighted by Crippen LogP contribution is 2.35. The van der Waals surface area contributed by atoms with Gasteiger partial charge in [0.05, 0.1) is 12.7 Å². The van der Waals surface area contributed by atoms with Crippen LogP contribution in [-0.2, 0) is 11.8 Å². The van der Waals surface area contributed by atoms with E-state index in [1.54, 1.807) is 24.0 Å². The summed E-state index contributed by atoms with van der Waals surface area (Å²) >= 11 is 0. The summed E-state index contributed by atoms with van der Waals surface area (Å²) in [5.74, 6) is 0.520. The number of para-hydroxylation sites is 1. The Balaban J connectivity index is 1.25. The molecule has 0 spiro atoms. The lowest BCUT2D eigenvalue weighted by Crippen LogP contribution is -2.36. The van der Waals surface area contributed by atoms with Crippen molar-refractivity contribution in [1.82, 2.24) is 20.0 Å². The monoisotopic (exact) mass is 408 g/mol. The number of benzene rings is 1. The number of carbonyl (C=O) groups is 2. The largest absolute Gasteiger partial charge is 0.451 e. The molecule has 2 aliphatic heterocycles. The molecule has 8 nitrogen and oxygen atoms in total. The van der Waals surface area contributed by atoms with Crippen molar-refractivity contribution in [3.05, 3.63) is 53.5 Å². The fourth-order valence-electron chi connectivity index (χ4n) is 4.61. The van der Waals surface area contributed by atoms with Gasteiger partial charge in [-0.15, -0.1) is 0 Å². The molecule has 5 rings (SSSR count). The third-order valence-electron chi connectivity index (χ3n) is 6.34. The third-order valence-corrected chi connectivity index (χ3v) is 6.34. The van der Waals surface area contributed by atoms with Gasteiger partial charge in [0.15, 0.2) is 5.76 Å². The molecule has 0 aliphatic carbocycles. The van der Waals surface area contributed by atoms with E-state index in [0.717, 1.165) is 16.5 Å². The zero-order valence-corrected chi connectivity index (χ0v) is 17.0. The summed E-state index contributed by atoms with van der Waals surface area (Å²) in [7, 11) is 1.74. The number of amides is 2. The minimum atomic E-state index is -0.151. The molecule has 3 aromatic rings. The van der Waals surface area contributed by atoms with Gasteiger partial charge < -0.3 is 19.4 Å². The van der Waals surface area contributed by atoms with Gasteiger partial charge in [-0.3, -0.25) is 14.3 Å². The highest BCUT2D eigenvalue weighted by molar-refractivity contribution is 5.99. The summed E-state index contributed by atoms with van der Waals surface area (Å²) in [6.45, 7) is 4.17. The third kappa shape index (κ3) is 3.08. The molecule has 0 saturated carbocycles. The number of nitrogens with one attached hydrogen (secondary N) is 1. The minimum absolute atomic E-state index is 0.00256. The molecule has 0 bridgehead atoms. The topological polar surface area (TPSA) is 89.6 Å². The molecular weight excluding hydrogens is 384 g/mol. The highest BCUT2D eigenvalue weighted by Gasteiger charge is 2.46. The molecule has 2 amide bonds. The van der Waals surface area contributed by atoms with Gasteiger partial charge in [-0.25, -0.2) is 0 Å². The van der Waals surface area contributed by atoms with Crippen LogP contribution >= 0.6 is 0 Å². The fraction of sp³-hybridized carbons (Fsp3) is 0.409. The zero-order valence-electron chi connectivity index (χ0n) is 17.0. The number of carbonyl (C=O) groups excluding carboxylic acids is 2. The van der Waals surface area contributed by atoms with Crippen LogP contribution in [-0.4, -0.2) is 58.8 Å². The van der Waals surface area contributed by atoms with Crippen molar-refractivity contribution >= 4 is 22.8 Å². The predicted molar refractivity (Wildman–Crippen MR) is 109 cm³/mol. The maximum atomic E-state index is 13.1. The maximum absolute atomic E-state index is 13.1. The lowest BCUT2D eigenvalue weighted by Gasteiger charge is -2.19. The van der Waals surface area contributed by atoms with Crippen LogP contribution in [0.3, 0.4) is 0 Å². The average molecular weight is 408 g/mol. The predicted octanol–water partition coefficient (Wildman–Crippen LogP) is 1.99. The van der Waals surface area contributed by atoms with Gasteiger partial charge in [-0.05, 0) is 19.1 Å². The van der Waals surface area contributed by atoms with Crippen molar-refractivity contribution in [3.63, 3.8) is 0 Å². The van der Waals surface area contributed by atoms with Gasteiger partial charge in [0.1, 0.15) is 11.3 Å². The standard InChI is InChI=1S/C22H24N4O4/c1-13-15-5-3-4-6-18(15)30-20(13)22(28)26-10-16-14(12-29-19(16)11-26)9-23-21(27)17-7-8-24-25(17)2/h3-8,14,16,19H,9-12H2,1-2H3,(H,23,27)/t14-,16+,19+/m0/s1. The van der Waals surface area contributed by atoms with E-state index in [-0.39, 0.29) is 29.8 Å². The van der Waals surface area contributed by atoms with E-state index in [1.807, 2.05) is 36.1 Å². The molecule has 1 N–H and O–H groups in total. The van der Waals surface area contributed by atoms with Crippen LogP contribution in [0.1, 0.15) is 26.6 Å². The summed E-state index contributed by atoms with van der Waals surface area (Å²) in [6, 6.07) is 9.38. The first-order valence-electron chi connectivity index (χ1n) is 10.2. The first-order valence-corrected chi connectivity index (χ1v) is 10.2. The maximum Gasteiger partial charge on any atom is 0.289 e. The number of aromatic nitrogens is 2. The van der Waals surface area contributed by atoms with Gasteiger partial charge >= 0.3 is 0 Å². The number of hydrogen-bond acceptors (Lipinski definition) is 5. The number of rotatable bonds is 4. The number of aryl methyl sites for hydroxylation is 2. The molecule has 3 atom stereocenters. The lowest BCUT2D eigenvalue weighted by molar-refractivity contribution is 0.0650. The smallest absolute Gasteiger partial charge is 0.289 e. The van der Waals surface area contributed by atoms with E-state index in [9.17, 15) is 9.59 Å². The molecule has 0 radical (unpaired) electrons. The second kappa shape index (κ2) is 7.28. The van der Waals surface area contributed by atoms with Crippen LogP contribution in [0.2, 0.25) is 0 Å². The molecular formula is C22H24N4O4. The van der Waals surface area contributed by atoms with Crippen LogP contribution in [0.5, 0.6) is 0 Å². The number of hydrogen-bond donors (Lipinski definition) is 1. The summed E-state index contributed by atoms with van der Waals surface area (Å²) in [4.78, 5) is 27.3. The van der Waals surface area contributed by atoms with E-state index in [1.165, 1.54) is 0 Å². The molecule has 2 saturated heterocycles. The second-order valence-electron chi connectivity index (χ2n) is 8.11. The van der Waals surface area contributed by atoms with Crippen molar-refractivity contribution in [2.75, 3.05) is 26.2 Å². The van der Waals surface area contributed by atoms with Crippen LogP contribution in [0, 0.1) is 18.8 Å². The van der Waals surface area contributed by atoms with Crippen LogP contribution in [0.4, 0.5) is 0 Å². The number of nitrogens with zero attached hydrogens (tertiary/aromatic N) is 3. The van der Waals surface area contributed by atoms with E-state index in [0.29, 0.717) is 37.7 Å². The number of furan rings is 1. The lowest BCUT2D eigenvalue weighted by atomic mass is 9.93. The summed E-state index contributed by atoms with van der Waals surface area (Å²) in [5.41, 5.74) is 2.12. The normalized spacial score (nSPS) is 23.1. The number of ether oxygens (including phenoxy) is 1. The SMILES string of the molecule is Cc1c(C(=O)N2C[C@@H]3[C@@H](CNC(=O)c4ccnn4C)CO[C@@H]3C2)oc2ccccc12. The van der Waals surface area contributed by atoms with Crippen molar-refractivity contribution in [1.29, 1.82) is 0 Å². The van der Waals surface area contributed by atoms with Crippen molar-refractivity contribution in [3.8, 4) is 0 Å². The van der Waals surface area contributed by atoms with Crippen LogP contribution in [0.15, 0.2) is 40.9 Å². The molecule has 2 aromatic heterocycles. The molecule has 156 valence electrons. The zero-order chi connectivity index (χ0) is 20.8. The minimum Gasteiger partial charge on any atom is -0.451 e. The van der Waals surface area contributed by atoms with Gasteiger partial charge in [0.2, 0.25) is 0 Å². The van der Waals surface area contributed by atoms with E-state index < -0.39 is 0 Å². The Morgan fingerprint density at radius 3 is 2.83 bits per heavy atom. The average Bonchev–Trinajstić information content (AvgIpc) is 3.50. The van der Waals surface area contributed by atoms with E-state index >= 15 is 0 Å². The summed E-state index contributed by atoms with van der Waals surface area (Å²) < 4.78 is 13.4. The second-order valence-corrected chi connectivity index (χ2v) is 8.11. The van der Waals surface area contributed by atoms with Crippen molar-refractivity contribution in [2.24, 2.45) is 18.9 Å². The van der Waals surface area contributed by atoms with Gasteiger partial charge in [-0.2, -0.15) is 5.10 Å². The van der Waals surface area contributed by atoms with Gasteiger partial charge in [0, 0.05) is 55.7 Å². The van der Waals surface area contributed by atoms with Gasteiger partial charge in [0.25, 0.3) is 11.8 Å². The Bertz CT molecular complexity index is 1120. The Labute approximate surface area is 173 Å². The molecule has 8 heteroatoms. The molecule has 2 aliphatic rings. The Kier molecular flexibility index (Phi) is 4.58. The van der Waals surface area contributed by atoms with Crippen LogP contribution < -0.4 is 5.32 Å². The Hall–Kier alpha value is -3.13. The molecule has 4 heterocycles. The van der Waals surface area contributed by atoms with Crippen molar-refractivity contribution < 1.29 is 18.7 Å². The molecule has 1 aromatic carbocycles. The molecule has 2 fully saturated rings. The summed E-state index contributed by atoms with van der Waals surface area (Å²) in [5, 5.41) is 7.98. The highest BCUT2D eigenvalue weighted by atomic mass is 16.5.